The zero-order valence-electron chi connectivity index (χ0n) is 10.9. The standard InChI is InChI=1S/C15H17NO2S/c1-10-12-8-4-5-9-13(12)19-14(10)15(17)16-18-11-6-2-3-7-11/h4-5,8-9,11H,2-3,6-7H2,1H3,(H,16,17). The first-order valence-electron chi connectivity index (χ1n) is 6.70. The number of rotatable bonds is 3. The van der Waals surface area contributed by atoms with Gasteiger partial charge in [0, 0.05) is 4.70 Å². The van der Waals surface area contributed by atoms with Crippen molar-refractivity contribution in [1.82, 2.24) is 5.48 Å². The number of fused-ring (bicyclic) bond motifs is 1. The van der Waals surface area contributed by atoms with Crippen molar-refractivity contribution < 1.29 is 9.63 Å². The van der Waals surface area contributed by atoms with Gasteiger partial charge in [-0.15, -0.1) is 11.3 Å². The molecule has 2 aromatic rings. The highest BCUT2D eigenvalue weighted by Crippen LogP contribution is 2.30. The molecule has 100 valence electrons. The van der Waals surface area contributed by atoms with Crippen molar-refractivity contribution in [2.24, 2.45) is 0 Å². The maximum atomic E-state index is 12.2. The topological polar surface area (TPSA) is 38.3 Å². The SMILES string of the molecule is Cc1c(C(=O)NOC2CCCC2)sc2ccccc12. The molecule has 1 aromatic carbocycles. The fourth-order valence-electron chi connectivity index (χ4n) is 2.58. The van der Waals surface area contributed by atoms with E-state index in [1.165, 1.54) is 24.2 Å². The number of carbonyl (C=O) groups excluding carboxylic acids is 1. The molecule has 0 bridgehead atoms. The molecule has 1 fully saturated rings. The molecular formula is C15H17NO2S. The molecule has 1 aliphatic rings. The number of hydroxylamine groups is 1. The van der Waals surface area contributed by atoms with Crippen LogP contribution in [0.15, 0.2) is 24.3 Å². The van der Waals surface area contributed by atoms with Crippen LogP contribution in [-0.2, 0) is 4.84 Å². The molecule has 0 saturated heterocycles. The van der Waals surface area contributed by atoms with Gasteiger partial charge in [0.15, 0.2) is 0 Å². The fourth-order valence-corrected chi connectivity index (χ4v) is 3.68. The number of benzene rings is 1. The number of nitrogens with one attached hydrogen (secondary N) is 1. The summed E-state index contributed by atoms with van der Waals surface area (Å²) in [6.45, 7) is 1.99. The van der Waals surface area contributed by atoms with Crippen LogP contribution in [0.4, 0.5) is 0 Å². The number of amides is 1. The van der Waals surface area contributed by atoms with Gasteiger partial charge >= 0.3 is 0 Å². The second-order valence-electron chi connectivity index (χ2n) is 5.01. The highest BCUT2D eigenvalue weighted by atomic mass is 32.1. The lowest BCUT2D eigenvalue weighted by Gasteiger charge is -2.10. The average molecular weight is 275 g/mol. The van der Waals surface area contributed by atoms with Gasteiger partial charge in [-0.05, 0) is 36.8 Å². The van der Waals surface area contributed by atoms with E-state index in [0.29, 0.717) is 0 Å². The predicted octanol–water partition coefficient (Wildman–Crippen LogP) is 3.81. The van der Waals surface area contributed by atoms with Gasteiger partial charge in [-0.1, -0.05) is 31.0 Å². The minimum atomic E-state index is -0.120. The van der Waals surface area contributed by atoms with E-state index in [9.17, 15) is 4.79 Å². The normalized spacial score (nSPS) is 16.1. The number of thiophene rings is 1. The molecule has 4 heteroatoms. The van der Waals surface area contributed by atoms with Crippen LogP contribution in [0.5, 0.6) is 0 Å². The summed E-state index contributed by atoms with van der Waals surface area (Å²) >= 11 is 1.52. The zero-order valence-corrected chi connectivity index (χ0v) is 11.8. The average Bonchev–Trinajstić information content (AvgIpc) is 3.05. The van der Waals surface area contributed by atoms with Gasteiger partial charge in [0.05, 0.1) is 11.0 Å². The summed E-state index contributed by atoms with van der Waals surface area (Å²) in [4.78, 5) is 18.4. The smallest absolute Gasteiger partial charge is 0.270 e. The third kappa shape index (κ3) is 2.51. The van der Waals surface area contributed by atoms with E-state index in [1.54, 1.807) is 0 Å². The molecule has 1 heterocycles. The Bertz CT molecular complexity index is 599. The molecule has 0 spiro atoms. The minimum Gasteiger partial charge on any atom is -0.270 e. The van der Waals surface area contributed by atoms with Crippen LogP contribution in [0.2, 0.25) is 0 Å². The molecule has 1 amide bonds. The molecule has 3 rings (SSSR count). The Morgan fingerprint density at radius 3 is 2.79 bits per heavy atom. The van der Waals surface area contributed by atoms with E-state index in [0.717, 1.165) is 33.4 Å². The van der Waals surface area contributed by atoms with Gasteiger partial charge in [-0.3, -0.25) is 9.63 Å². The Morgan fingerprint density at radius 2 is 2.05 bits per heavy atom. The van der Waals surface area contributed by atoms with Gasteiger partial charge < -0.3 is 0 Å². The highest BCUT2D eigenvalue weighted by Gasteiger charge is 2.19. The molecule has 1 N–H and O–H groups in total. The van der Waals surface area contributed by atoms with Crippen LogP contribution in [0.3, 0.4) is 0 Å². The van der Waals surface area contributed by atoms with Crippen molar-refractivity contribution in [3.05, 3.63) is 34.7 Å². The molecule has 0 unspecified atom stereocenters. The first-order valence-corrected chi connectivity index (χ1v) is 7.51. The Labute approximate surface area is 116 Å². The summed E-state index contributed by atoms with van der Waals surface area (Å²) in [7, 11) is 0. The number of aryl methyl sites for hydroxylation is 1. The molecule has 3 nitrogen and oxygen atoms in total. The number of carbonyl (C=O) groups is 1. The Hall–Kier alpha value is -1.39. The maximum Gasteiger partial charge on any atom is 0.285 e. The van der Waals surface area contributed by atoms with Crippen molar-refractivity contribution in [1.29, 1.82) is 0 Å². The molecule has 0 aliphatic heterocycles. The summed E-state index contributed by atoms with van der Waals surface area (Å²) in [5.41, 5.74) is 3.65. The highest BCUT2D eigenvalue weighted by molar-refractivity contribution is 7.21. The molecule has 0 radical (unpaired) electrons. The van der Waals surface area contributed by atoms with Crippen molar-refractivity contribution in [2.45, 2.75) is 38.7 Å². The second kappa shape index (κ2) is 5.31. The Balaban J connectivity index is 1.75. The van der Waals surface area contributed by atoms with Crippen molar-refractivity contribution >= 4 is 27.3 Å². The van der Waals surface area contributed by atoms with Gasteiger partial charge in [0.25, 0.3) is 5.91 Å². The molecule has 1 aliphatic carbocycles. The van der Waals surface area contributed by atoms with Gasteiger partial charge in [0.1, 0.15) is 0 Å². The number of hydrogen-bond donors (Lipinski definition) is 1. The first-order chi connectivity index (χ1) is 9.25. The molecule has 1 saturated carbocycles. The van der Waals surface area contributed by atoms with E-state index in [1.807, 2.05) is 25.1 Å². The lowest BCUT2D eigenvalue weighted by Crippen LogP contribution is -2.28. The second-order valence-corrected chi connectivity index (χ2v) is 6.06. The van der Waals surface area contributed by atoms with E-state index in [4.69, 9.17) is 4.84 Å². The molecule has 0 atom stereocenters. The first kappa shape index (κ1) is 12.6. The van der Waals surface area contributed by atoms with Crippen LogP contribution >= 0.6 is 11.3 Å². The number of hydrogen-bond acceptors (Lipinski definition) is 3. The quantitative estimate of drug-likeness (QED) is 0.865. The zero-order chi connectivity index (χ0) is 13.2. The summed E-state index contributed by atoms with van der Waals surface area (Å²) < 4.78 is 1.14. The molecular weight excluding hydrogens is 258 g/mol. The lowest BCUT2D eigenvalue weighted by molar-refractivity contribution is -0.0122. The van der Waals surface area contributed by atoms with Crippen LogP contribution < -0.4 is 5.48 Å². The van der Waals surface area contributed by atoms with Crippen LogP contribution in [0.1, 0.15) is 40.9 Å². The monoisotopic (exact) mass is 275 g/mol. The van der Waals surface area contributed by atoms with E-state index in [2.05, 4.69) is 11.5 Å². The van der Waals surface area contributed by atoms with E-state index >= 15 is 0 Å². The summed E-state index contributed by atoms with van der Waals surface area (Å²) in [6.07, 6.45) is 4.68. The maximum absolute atomic E-state index is 12.2. The van der Waals surface area contributed by atoms with Crippen molar-refractivity contribution in [2.75, 3.05) is 0 Å². The summed E-state index contributed by atoms with van der Waals surface area (Å²) in [5.74, 6) is -0.120. The third-order valence-corrected chi connectivity index (χ3v) is 4.94. The summed E-state index contributed by atoms with van der Waals surface area (Å²) in [6, 6.07) is 8.09. The van der Waals surface area contributed by atoms with E-state index in [-0.39, 0.29) is 12.0 Å². The largest absolute Gasteiger partial charge is 0.285 e. The van der Waals surface area contributed by atoms with Crippen LogP contribution in [-0.4, -0.2) is 12.0 Å². The predicted molar refractivity (Wildman–Crippen MR) is 77.4 cm³/mol. The molecule has 19 heavy (non-hydrogen) atoms. The van der Waals surface area contributed by atoms with Gasteiger partial charge in [0.2, 0.25) is 0 Å². The lowest BCUT2D eigenvalue weighted by atomic mass is 10.1. The van der Waals surface area contributed by atoms with Crippen molar-refractivity contribution in [3.8, 4) is 0 Å². The molecule has 1 aromatic heterocycles. The van der Waals surface area contributed by atoms with E-state index < -0.39 is 0 Å². The third-order valence-electron chi connectivity index (χ3n) is 3.67. The van der Waals surface area contributed by atoms with Gasteiger partial charge in [-0.2, -0.15) is 0 Å². The summed E-state index contributed by atoms with van der Waals surface area (Å²) in [5, 5.41) is 1.15. The van der Waals surface area contributed by atoms with Crippen LogP contribution in [0.25, 0.3) is 10.1 Å². The van der Waals surface area contributed by atoms with Crippen molar-refractivity contribution in [3.63, 3.8) is 0 Å². The Kier molecular flexibility index (Phi) is 3.53. The van der Waals surface area contributed by atoms with Gasteiger partial charge in [-0.25, -0.2) is 5.48 Å². The fraction of sp³-hybridized carbons (Fsp3) is 0.400. The Morgan fingerprint density at radius 1 is 1.32 bits per heavy atom. The minimum absolute atomic E-state index is 0.120. The van der Waals surface area contributed by atoms with Crippen LogP contribution in [0, 0.1) is 6.92 Å².